The Balaban J connectivity index is 0.656. The number of oxazole rings is 1. The van der Waals surface area contributed by atoms with Crippen LogP contribution in [0.4, 0.5) is 26.0 Å². The van der Waals surface area contributed by atoms with E-state index in [2.05, 4.69) is 52.0 Å². The van der Waals surface area contributed by atoms with Gasteiger partial charge in [0.2, 0.25) is 17.7 Å². The van der Waals surface area contributed by atoms with Crippen LogP contribution < -0.4 is 26.6 Å². The van der Waals surface area contributed by atoms with E-state index in [-0.39, 0.29) is 41.2 Å². The van der Waals surface area contributed by atoms with Gasteiger partial charge in [-0.05, 0) is 67.1 Å². The van der Waals surface area contributed by atoms with Crippen molar-refractivity contribution in [2.24, 2.45) is 5.92 Å². The minimum Gasteiger partial charge on any atom is -0.444 e. The number of nitrogens with one attached hydrogen (secondary N) is 5. The van der Waals surface area contributed by atoms with Crippen molar-refractivity contribution in [3.05, 3.63) is 113 Å². The fourth-order valence-corrected chi connectivity index (χ4v) is 7.97. The lowest BCUT2D eigenvalue weighted by atomic mass is 10.0. The molecule has 1 saturated carbocycles. The first kappa shape index (κ1) is 47.3. The normalized spacial score (nSPS) is 15.7. The number of pyridine rings is 1. The Morgan fingerprint density at radius 3 is 2.56 bits per heavy atom. The number of hydrogen-bond donors (Lipinski definition) is 5. The topological polar surface area (TPSA) is 255 Å². The number of alkyl halides is 2. The molecule has 2 aliphatic heterocycles. The molecule has 1 saturated heterocycles. The van der Waals surface area contributed by atoms with E-state index in [1.165, 1.54) is 30.0 Å². The van der Waals surface area contributed by atoms with Gasteiger partial charge in [-0.25, -0.2) is 28.1 Å². The van der Waals surface area contributed by atoms with Gasteiger partial charge >= 0.3 is 0 Å². The fraction of sp³-hybridized carbons (Fsp3) is 0.362. The summed E-state index contributed by atoms with van der Waals surface area (Å²) in [5, 5.41) is 26.8. The van der Waals surface area contributed by atoms with Gasteiger partial charge in [0, 0.05) is 56.5 Å². The summed E-state index contributed by atoms with van der Waals surface area (Å²) >= 11 is 0. The Bertz CT molecular complexity index is 2860. The molecule has 5 N–H and O–H groups in total. The molecular formula is C47H49F2N13O8. The van der Waals surface area contributed by atoms with Crippen molar-refractivity contribution in [2.75, 3.05) is 62.0 Å². The summed E-state index contributed by atoms with van der Waals surface area (Å²) < 4.78 is 48.1. The van der Waals surface area contributed by atoms with Gasteiger partial charge in [0.15, 0.2) is 11.4 Å². The SMILES string of the molecule is O=C1CCC(N2C(=O)c3cccc(NCCc4cnnn4CCOCCOCCNCc4ccc(-n5cc(NC(=O)c6coc(-c7ccnc(NCC8CC8)c7)n6)c(C(F)F)n5)cc4)c3C2=O)C(=O)N1. The second kappa shape index (κ2) is 21.7. The van der Waals surface area contributed by atoms with Crippen molar-refractivity contribution in [3.8, 4) is 17.1 Å². The van der Waals surface area contributed by atoms with Crippen LogP contribution in [0.3, 0.4) is 0 Å². The summed E-state index contributed by atoms with van der Waals surface area (Å²) in [6.45, 7) is 4.34. The van der Waals surface area contributed by atoms with Crippen LogP contribution in [0.15, 0.2) is 83.9 Å². The van der Waals surface area contributed by atoms with Crippen LogP contribution in [-0.2, 0) is 38.6 Å². The minimum absolute atomic E-state index is 0.0421. The van der Waals surface area contributed by atoms with E-state index in [1.807, 2.05) is 12.1 Å². The first-order chi connectivity index (χ1) is 34.1. The van der Waals surface area contributed by atoms with Gasteiger partial charge < -0.3 is 35.2 Å². The average molecular weight is 962 g/mol. The Morgan fingerprint density at radius 2 is 1.76 bits per heavy atom. The molecule has 1 aliphatic carbocycles. The van der Waals surface area contributed by atoms with Gasteiger partial charge in [0.1, 0.15) is 18.1 Å². The quantitative estimate of drug-likeness (QED) is 0.0416. The van der Waals surface area contributed by atoms with Crippen LogP contribution in [0.25, 0.3) is 17.1 Å². The largest absolute Gasteiger partial charge is 0.444 e. The highest BCUT2D eigenvalue weighted by molar-refractivity contribution is 6.25. The van der Waals surface area contributed by atoms with Gasteiger partial charge in [0.05, 0.1) is 73.6 Å². The number of hydrogen-bond acceptors (Lipinski definition) is 16. The lowest BCUT2D eigenvalue weighted by Gasteiger charge is -2.27. The predicted octanol–water partition coefficient (Wildman–Crippen LogP) is 4.40. The van der Waals surface area contributed by atoms with Crippen molar-refractivity contribution < 1.29 is 46.6 Å². The maximum absolute atomic E-state index is 14.1. The number of ether oxygens (including phenoxy) is 2. The molecule has 3 aliphatic rings. The molecular weight excluding hydrogens is 913 g/mol. The lowest BCUT2D eigenvalue weighted by molar-refractivity contribution is -0.136. The molecule has 0 radical (unpaired) electrons. The fourth-order valence-electron chi connectivity index (χ4n) is 7.97. The molecule has 21 nitrogen and oxygen atoms in total. The zero-order valence-corrected chi connectivity index (χ0v) is 37.7. The van der Waals surface area contributed by atoms with Crippen LogP contribution in [-0.4, -0.2) is 121 Å². The number of fused-ring (bicyclic) bond motifs is 1. The molecule has 364 valence electrons. The second-order valence-corrected chi connectivity index (χ2v) is 16.8. The molecule has 5 amide bonds. The third-order valence-corrected chi connectivity index (χ3v) is 11.8. The number of nitrogens with zero attached hydrogens (tertiary/aromatic N) is 8. The predicted molar refractivity (Wildman–Crippen MR) is 246 cm³/mol. The van der Waals surface area contributed by atoms with Crippen LogP contribution in [0, 0.1) is 5.92 Å². The standard InChI is InChI=1S/C47H49F2N13O8/c48-42(49)41-35(55-43(64)36-27-70-45(56-36)30-12-14-52-38(22-30)53-24-29-4-5-29)26-61(58-41)31-8-6-28(7-9-31)23-50-16-18-68-20-21-69-19-17-60-32(25-54-59-60)13-15-51-34-3-1-2-33-40(34)47(67)62(46(33)66)37-10-11-39(63)57-44(37)65/h1-3,6-9,12,14,22,25-27,29,37,42,50-51H,4-5,10-11,13,15-21,23-24H2,(H,52,53)(H,55,64)(H,57,63,65). The van der Waals surface area contributed by atoms with E-state index < -0.39 is 47.7 Å². The van der Waals surface area contributed by atoms with Gasteiger partial charge in [-0.2, -0.15) is 5.10 Å². The number of piperidine rings is 1. The molecule has 6 heterocycles. The van der Waals surface area contributed by atoms with Crippen molar-refractivity contribution in [1.29, 1.82) is 0 Å². The number of benzene rings is 2. The summed E-state index contributed by atoms with van der Waals surface area (Å²) in [6.07, 6.45) is 5.83. The van der Waals surface area contributed by atoms with Crippen molar-refractivity contribution in [1.82, 2.24) is 50.3 Å². The van der Waals surface area contributed by atoms with E-state index in [1.54, 1.807) is 59.5 Å². The first-order valence-electron chi connectivity index (χ1n) is 22.9. The zero-order valence-electron chi connectivity index (χ0n) is 37.7. The van der Waals surface area contributed by atoms with Crippen molar-refractivity contribution in [2.45, 2.75) is 57.7 Å². The Labute approximate surface area is 398 Å². The summed E-state index contributed by atoms with van der Waals surface area (Å²) in [7, 11) is 0. The lowest BCUT2D eigenvalue weighted by Crippen LogP contribution is -2.54. The van der Waals surface area contributed by atoms with Gasteiger partial charge in [-0.15, -0.1) is 5.10 Å². The number of amides is 5. The van der Waals surface area contributed by atoms with Crippen molar-refractivity contribution in [3.63, 3.8) is 0 Å². The molecule has 1 atom stereocenters. The number of carbonyl (C=O) groups is 5. The molecule has 2 fully saturated rings. The Morgan fingerprint density at radius 1 is 0.929 bits per heavy atom. The van der Waals surface area contributed by atoms with E-state index in [0.717, 1.165) is 22.7 Å². The van der Waals surface area contributed by atoms with Gasteiger partial charge in [-0.3, -0.25) is 34.2 Å². The third kappa shape index (κ3) is 11.2. The smallest absolute Gasteiger partial charge is 0.284 e. The number of carbonyl (C=O) groups excluding carboxylic acids is 5. The van der Waals surface area contributed by atoms with Crippen molar-refractivity contribution >= 4 is 46.7 Å². The van der Waals surface area contributed by atoms with E-state index in [4.69, 9.17) is 13.9 Å². The average Bonchev–Trinajstić information content (AvgIpc) is 3.62. The molecule has 1 unspecified atom stereocenters. The molecule has 0 bridgehead atoms. The Kier molecular flexibility index (Phi) is 14.7. The third-order valence-electron chi connectivity index (χ3n) is 11.8. The number of halogens is 2. The number of imide groups is 2. The highest BCUT2D eigenvalue weighted by Gasteiger charge is 2.45. The number of aromatic nitrogens is 7. The molecule has 2 aromatic carbocycles. The maximum Gasteiger partial charge on any atom is 0.284 e. The molecule has 0 spiro atoms. The second-order valence-electron chi connectivity index (χ2n) is 16.8. The highest BCUT2D eigenvalue weighted by atomic mass is 19.3. The molecule has 23 heteroatoms. The minimum atomic E-state index is -2.95. The molecule has 9 rings (SSSR count). The zero-order chi connectivity index (χ0) is 48.6. The van der Waals surface area contributed by atoms with E-state index in [9.17, 15) is 32.8 Å². The van der Waals surface area contributed by atoms with Crippen LogP contribution in [0.1, 0.15) is 80.3 Å². The van der Waals surface area contributed by atoms with E-state index in [0.29, 0.717) is 87.7 Å². The Hall–Kier alpha value is -7.76. The summed E-state index contributed by atoms with van der Waals surface area (Å²) in [5.41, 5.74) is 2.94. The van der Waals surface area contributed by atoms with Gasteiger partial charge in [0.25, 0.3) is 24.1 Å². The van der Waals surface area contributed by atoms with Crippen LogP contribution in [0.2, 0.25) is 0 Å². The van der Waals surface area contributed by atoms with Crippen LogP contribution in [0.5, 0.6) is 0 Å². The molecule has 4 aromatic heterocycles. The van der Waals surface area contributed by atoms with E-state index >= 15 is 0 Å². The highest BCUT2D eigenvalue weighted by Crippen LogP contribution is 2.33. The maximum atomic E-state index is 14.1. The van der Waals surface area contributed by atoms with Gasteiger partial charge in [-0.1, -0.05) is 23.4 Å². The van der Waals surface area contributed by atoms with Crippen LogP contribution >= 0.6 is 0 Å². The summed E-state index contributed by atoms with van der Waals surface area (Å²) in [5.74, 6) is -1.46. The monoisotopic (exact) mass is 961 g/mol. The summed E-state index contributed by atoms with van der Waals surface area (Å²) in [6, 6.07) is 14.5. The number of rotatable bonds is 24. The number of anilines is 3. The molecule has 6 aromatic rings. The molecule has 70 heavy (non-hydrogen) atoms. The first-order valence-corrected chi connectivity index (χ1v) is 22.9. The summed E-state index contributed by atoms with van der Waals surface area (Å²) in [4.78, 5) is 73.2.